The zero-order chi connectivity index (χ0) is 21.5. The average molecular weight is 406 g/mol. The summed E-state index contributed by atoms with van der Waals surface area (Å²) in [7, 11) is 0. The van der Waals surface area contributed by atoms with Gasteiger partial charge in [-0.3, -0.25) is 24.2 Å². The van der Waals surface area contributed by atoms with Gasteiger partial charge in [-0.05, 0) is 45.8 Å². The van der Waals surface area contributed by atoms with Crippen LogP contribution in [0.15, 0.2) is 29.8 Å². The minimum absolute atomic E-state index is 0.129. The van der Waals surface area contributed by atoms with Crippen LogP contribution in [0.4, 0.5) is 18.9 Å². The fourth-order valence-corrected chi connectivity index (χ4v) is 4.96. The summed E-state index contributed by atoms with van der Waals surface area (Å²) >= 11 is 0. The minimum atomic E-state index is -5.10. The molecule has 5 nitrogen and oxygen atoms in total. The summed E-state index contributed by atoms with van der Waals surface area (Å²) in [5.74, 6) is -4.73. The lowest BCUT2D eigenvalue weighted by molar-refractivity contribution is -0.171. The summed E-state index contributed by atoms with van der Waals surface area (Å²) in [6.45, 7) is 6.89. The molecule has 29 heavy (non-hydrogen) atoms. The molecule has 154 valence electrons. The lowest BCUT2D eigenvalue weighted by atomic mass is 9.73. The molecule has 0 spiro atoms. The SMILES string of the molecule is CC1=C2c3ccccc3N(C(=O)C(F)(F)F)C2[C@H]2C(=O)N(C(C)(C)C)C(=O)[C@H]2C1. The third kappa shape index (κ3) is 2.64. The second-order valence-corrected chi connectivity index (χ2v) is 8.85. The number of carbonyl (C=O) groups excluding carboxylic acids is 3. The first-order valence-corrected chi connectivity index (χ1v) is 9.43. The Balaban J connectivity index is 1.92. The number of likely N-dealkylation sites (tertiary alicyclic amines) is 1. The van der Waals surface area contributed by atoms with E-state index >= 15 is 0 Å². The fraction of sp³-hybridized carbons (Fsp3) is 0.476. The van der Waals surface area contributed by atoms with Gasteiger partial charge in [0.25, 0.3) is 0 Å². The van der Waals surface area contributed by atoms with Gasteiger partial charge in [0.2, 0.25) is 11.8 Å². The number of fused-ring (bicyclic) bond motifs is 5. The van der Waals surface area contributed by atoms with Gasteiger partial charge in [0, 0.05) is 11.1 Å². The van der Waals surface area contributed by atoms with Crippen LogP contribution in [-0.4, -0.2) is 40.4 Å². The van der Waals surface area contributed by atoms with E-state index in [4.69, 9.17) is 0 Å². The van der Waals surface area contributed by atoms with E-state index in [1.807, 2.05) is 0 Å². The molecule has 0 saturated carbocycles. The number of halogens is 3. The standard InChI is InChI=1S/C21H21F3N2O3/c1-10-9-12-15(18(28)26(17(12)27)20(2,3)4)16-14(10)11-7-5-6-8-13(11)25(16)19(29)21(22,23)24/h5-8,12,15-16H,9H2,1-4H3/t12-,15-,16?/m0/s1. The lowest BCUT2D eigenvalue weighted by Crippen LogP contribution is -2.52. The Morgan fingerprint density at radius 3 is 2.28 bits per heavy atom. The molecule has 3 atom stereocenters. The van der Waals surface area contributed by atoms with Gasteiger partial charge in [0.1, 0.15) is 0 Å². The van der Waals surface area contributed by atoms with Crippen LogP contribution in [0.25, 0.3) is 5.57 Å². The number of nitrogens with zero attached hydrogens (tertiary/aromatic N) is 2. The number of allylic oxidation sites excluding steroid dienone is 1. The van der Waals surface area contributed by atoms with Crippen molar-refractivity contribution in [1.29, 1.82) is 0 Å². The highest BCUT2D eigenvalue weighted by atomic mass is 19.4. The maximum absolute atomic E-state index is 13.5. The smallest absolute Gasteiger partial charge is 0.296 e. The number of rotatable bonds is 0. The first kappa shape index (κ1) is 19.7. The summed E-state index contributed by atoms with van der Waals surface area (Å²) in [5, 5.41) is 0. The van der Waals surface area contributed by atoms with E-state index in [1.165, 1.54) is 6.07 Å². The van der Waals surface area contributed by atoms with Crippen LogP contribution in [0.1, 0.15) is 39.7 Å². The van der Waals surface area contributed by atoms with Gasteiger partial charge in [-0.25, -0.2) is 0 Å². The van der Waals surface area contributed by atoms with E-state index < -0.39 is 41.4 Å². The van der Waals surface area contributed by atoms with Crippen LogP contribution in [-0.2, 0) is 14.4 Å². The molecule has 3 amide bonds. The van der Waals surface area contributed by atoms with Crippen molar-refractivity contribution < 1.29 is 27.6 Å². The normalized spacial score (nSPS) is 26.7. The Hall–Kier alpha value is -2.64. The zero-order valence-corrected chi connectivity index (χ0v) is 16.5. The average Bonchev–Trinajstić information content (AvgIpc) is 3.06. The van der Waals surface area contributed by atoms with E-state index in [2.05, 4.69) is 0 Å². The minimum Gasteiger partial charge on any atom is -0.296 e. The highest BCUT2D eigenvalue weighted by molar-refractivity contribution is 6.13. The van der Waals surface area contributed by atoms with Crippen LogP contribution < -0.4 is 4.90 Å². The zero-order valence-electron chi connectivity index (χ0n) is 16.5. The number of hydrogen-bond acceptors (Lipinski definition) is 3. The van der Waals surface area contributed by atoms with Crippen molar-refractivity contribution in [3.63, 3.8) is 0 Å². The Morgan fingerprint density at radius 2 is 1.69 bits per heavy atom. The molecular weight excluding hydrogens is 385 g/mol. The van der Waals surface area contributed by atoms with Gasteiger partial charge in [-0.1, -0.05) is 23.8 Å². The summed E-state index contributed by atoms with van der Waals surface area (Å²) in [6.07, 6.45) is -4.81. The van der Waals surface area contributed by atoms with Crippen molar-refractivity contribution in [3.8, 4) is 0 Å². The van der Waals surface area contributed by atoms with E-state index in [9.17, 15) is 27.6 Å². The molecule has 1 aromatic rings. The topological polar surface area (TPSA) is 57.7 Å². The fourth-order valence-electron chi connectivity index (χ4n) is 4.96. The van der Waals surface area contributed by atoms with Crippen molar-refractivity contribution in [3.05, 3.63) is 35.4 Å². The molecule has 3 aliphatic rings. The van der Waals surface area contributed by atoms with Crippen LogP contribution in [0.5, 0.6) is 0 Å². The largest absolute Gasteiger partial charge is 0.471 e. The number of imide groups is 1. The molecule has 1 aliphatic carbocycles. The van der Waals surface area contributed by atoms with E-state index in [0.29, 0.717) is 16.0 Å². The molecule has 1 saturated heterocycles. The first-order chi connectivity index (χ1) is 13.4. The molecule has 0 radical (unpaired) electrons. The molecule has 2 heterocycles. The third-order valence-electron chi connectivity index (χ3n) is 5.96. The second-order valence-electron chi connectivity index (χ2n) is 8.85. The number of amides is 3. The molecule has 0 N–H and O–H groups in total. The highest BCUT2D eigenvalue weighted by Gasteiger charge is 2.62. The molecule has 2 aliphatic heterocycles. The van der Waals surface area contributed by atoms with Gasteiger partial charge in [-0.2, -0.15) is 13.2 Å². The molecule has 8 heteroatoms. The van der Waals surface area contributed by atoms with Crippen LogP contribution in [0, 0.1) is 11.8 Å². The molecule has 4 rings (SSSR count). The third-order valence-corrected chi connectivity index (χ3v) is 5.96. The Morgan fingerprint density at radius 1 is 1.07 bits per heavy atom. The number of anilines is 1. The van der Waals surface area contributed by atoms with Crippen molar-refractivity contribution in [2.24, 2.45) is 11.8 Å². The highest BCUT2D eigenvalue weighted by Crippen LogP contribution is 2.54. The number of para-hydroxylation sites is 1. The molecule has 0 bridgehead atoms. The van der Waals surface area contributed by atoms with Crippen LogP contribution >= 0.6 is 0 Å². The Labute approximate surface area is 166 Å². The Bertz CT molecular complexity index is 974. The maximum atomic E-state index is 13.5. The van der Waals surface area contributed by atoms with Gasteiger partial charge in [0.15, 0.2) is 0 Å². The molecule has 1 unspecified atom stereocenters. The van der Waals surface area contributed by atoms with Gasteiger partial charge in [-0.15, -0.1) is 0 Å². The van der Waals surface area contributed by atoms with Gasteiger partial charge >= 0.3 is 12.1 Å². The van der Waals surface area contributed by atoms with E-state index in [1.54, 1.807) is 45.9 Å². The van der Waals surface area contributed by atoms with E-state index in [-0.39, 0.29) is 18.0 Å². The predicted octanol–water partition coefficient (Wildman–Crippen LogP) is 3.54. The second kappa shape index (κ2) is 5.93. The number of hydrogen-bond donors (Lipinski definition) is 0. The monoisotopic (exact) mass is 406 g/mol. The lowest BCUT2D eigenvalue weighted by Gasteiger charge is -2.36. The summed E-state index contributed by atoms with van der Waals surface area (Å²) in [4.78, 5) is 40.6. The molecule has 0 aromatic heterocycles. The van der Waals surface area contributed by atoms with E-state index in [0.717, 1.165) is 10.5 Å². The number of alkyl halides is 3. The summed E-state index contributed by atoms with van der Waals surface area (Å²) < 4.78 is 40.4. The quantitative estimate of drug-likeness (QED) is 0.620. The summed E-state index contributed by atoms with van der Waals surface area (Å²) in [6, 6.07) is 5.23. The number of carbonyl (C=O) groups is 3. The van der Waals surface area contributed by atoms with Crippen LogP contribution in [0.3, 0.4) is 0 Å². The summed E-state index contributed by atoms with van der Waals surface area (Å²) in [5.41, 5.74) is 1.13. The van der Waals surface area contributed by atoms with Crippen LogP contribution in [0.2, 0.25) is 0 Å². The van der Waals surface area contributed by atoms with Gasteiger partial charge < -0.3 is 0 Å². The van der Waals surface area contributed by atoms with Crippen molar-refractivity contribution in [2.75, 3.05) is 4.90 Å². The van der Waals surface area contributed by atoms with Crippen molar-refractivity contribution >= 4 is 29.0 Å². The molecule has 1 fully saturated rings. The first-order valence-electron chi connectivity index (χ1n) is 9.43. The number of benzene rings is 1. The maximum Gasteiger partial charge on any atom is 0.471 e. The predicted molar refractivity (Wildman–Crippen MR) is 99.6 cm³/mol. The molecule has 1 aromatic carbocycles. The van der Waals surface area contributed by atoms with Gasteiger partial charge in [0.05, 0.1) is 23.6 Å². The molecular formula is C21H21F3N2O3. The Kier molecular flexibility index (Phi) is 4.02. The van der Waals surface area contributed by atoms with Crippen molar-refractivity contribution in [2.45, 2.75) is 51.9 Å². The van der Waals surface area contributed by atoms with Crippen molar-refractivity contribution in [1.82, 2.24) is 4.90 Å².